The van der Waals surface area contributed by atoms with Crippen LogP contribution >= 0.6 is 24.8 Å². The summed E-state index contributed by atoms with van der Waals surface area (Å²) in [4.78, 5) is 2.75. The van der Waals surface area contributed by atoms with Gasteiger partial charge in [-0.25, -0.2) is 13.1 Å². The largest absolute Gasteiger partial charge is 0.314 e. The van der Waals surface area contributed by atoms with Gasteiger partial charge >= 0.3 is 0 Å². The van der Waals surface area contributed by atoms with Crippen molar-refractivity contribution in [1.29, 1.82) is 0 Å². The van der Waals surface area contributed by atoms with Gasteiger partial charge in [0.25, 0.3) is 0 Å². The van der Waals surface area contributed by atoms with E-state index >= 15 is 0 Å². The van der Waals surface area contributed by atoms with E-state index in [1.54, 1.807) is 6.07 Å². The number of sulfonamides is 1. The Kier molecular flexibility index (Phi) is 11.9. The van der Waals surface area contributed by atoms with Crippen molar-refractivity contribution in [3.05, 3.63) is 29.3 Å². The fraction of sp³-hybridized carbons (Fsp3) is 0.647. The fourth-order valence-electron chi connectivity index (χ4n) is 2.97. The summed E-state index contributed by atoms with van der Waals surface area (Å²) < 4.78 is 27.6. The molecule has 5 nitrogen and oxygen atoms in total. The second-order valence-corrected chi connectivity index (χ2v) is 7.75. The highest BCUT2D eigenvalue weighted by molar-refractivity contribution is 7.89. The van der Waals surface area contributed by atoms with Crippen LogP contribution in [0.15, 0.2) is 23.1 Å². The van der Waals surface area contributed by atoms with Gasteiger partial charge in [0.2, 0.25) is 10.0 Å². The Morgan fingerprint density at radius 3 is 2.32 bits per heavy atom. The van der Waals surface area contributed by atoms with Crippen molar-refractivity contribution in [2.24, 2.45) is 0 Å². The minimum absolute atomic E-state index is 0. The highest BCUT2D eigenvalue weighted by atomic mass is 35.5. The van der Waals surface area contributed by atoms with Gasteiger partial charge in [-0.2, -0.15) is 0 Å². The maximum Gasteiger partial charge on any atom is 0.240 e. The number of nitrogens with zero attached hydrogens (tertiary/aromatic N) is 1. The number of rotatable bonds is 8. The molecule has 1 heterocycles. The van der Waals surface area contributed by atoms with Gasteiger partial charge in [-0.1, -0.05) is 19.9 Å². The molecule has 0 amide bonds. The monoisotopic (exact) mass is 411 g/mol. The van der Waals surface area contributed by atoms with Crippen molar-refractivity contribution in [1.82, 2.24) is 14.9 Å². The molecule has 1 aromatic rings. The van der Waals surface area contributed by atoms with Crippen molar-refractivity contribution >= 4 is 34.8 Å². The Hall–Kier alpha value is -0.370. The number of piperazine rings is 1. The van der Waals surface area contributed by atoms with Gasteiger partial charge in [-0.3, -0.25) is 0 Å². The predicted molar refractivity (Wildman–Crippen MR) is 109 cm³/mol. The van der Waals surface area contributed by atoms with Gasteiger partial charge in [0, 0.05) is 32.7 Å². The quantitative estimate of drug-likeness (QED) is 0.643. The Labute approximate surface area is 164 Å². The predicted octanol–water partition coefficient (Wildman–Crippen LogP) is 2.23. The molecule has 0 saturated carbocycles. The number of aryl methyl sites for hydroxylation is 2. The number of nitrogens with one attached hydrogen (secondary N) is 2. The SMILES string of the molecule is CCc1ccc(S(=O)(=O)NCCCN2CCNCC2)cc1CC.Cl.Cl. The highest BCUT2D eigenvalue weighted by Crippen LogP contribution is 2.17. The second-order valence-electron chi connectivity index (χ2n) is 5.98. The van der Waals surface area contributed by atoms with Crippen molar-refractivity contribution in [3.8, 4) is 0 Å². The molecule has 0 bridgehead atoms. The highest BCUT2D eigenvalue weighted by Gasteiger charge is 2.15. The standard InChI is InChI=1S/C17H29N3O2S.2ClH/c1-3-15-6-7-17(14-16(15)4-2)23(21,22)19-8-5-11-20-12-9-18-10-13-20;;/h6-7,14,18-19H,3-5,8-13H2,1-2H3;2*1H. The van der Waals surface area contributed by atoms with Gasteiger partial charge < -0.3 is 10.2 Å². The van der Waals surface area contributed by atoms with Crippen molar-refractivity contribution < 1.29 is 8.42 Å². The van der Waals surface area contributed by atoms with E-state index in [-0.39, 0.29) is 24.8 Å². The van der Waals surface area contributed by atoms with Gasteiger partial charge in [0.15, 0.2) is 0 Å². The van der Waals surface area contributed by atoms with Gasteiger partial charge in [-0.05, 0) is 49.1 Å². The third-order valence-electron chi connectivity index (χ3n) is 4.40. The molecule has 0 atom stereocenters. The summed E-state index contributed by atoms with van der Waals surface area (Å²) in [6.45, 7) is 9.73. The summed E-state index contributed by atoms with van der Waals surface area (Å²) in [5.74, 6) is 0. The first kappa shape index (κ1) is 24.6. The van der Waals surface area contributed by atoms with Crippen LogP contribution in [0.2, 0.25) is 0 Å². The van der Waals surface area contributed by atoms with E-state index in [2.05, 4.69) is 28.8 Å². The van der Waals surface area contributed by atoms with Crippen LogP contribution in [0.4, 0.5) is 0 Å². The average molecular weight is 412 g/mol. The first-order valence-electron chi connectivity index (χ1n) is 8.61. The lowest BCUT2D eigenvalue weighted by Crippen LogP contribution is -2.44. The lowest BCUT2D eigenvalue weighted by molar-refractivity contribution is 0.239. The Balaban J connectivity index is 0.00000288. The zero-order valence-corrected chi connectivity index (χ0v) is 17.5. The molecule has 0 unspecified atom stereocenters. The van der Waals surface area contributed by atoms with E-state index in [0.29, 0.717) is 11.4 Å². The molecule has 1 fully saturated rings. The van der Waals surface area contributed by atoms with Crippen molar-refractivity contribution in [3.63, 3.8) is 0 Å². The van der Waals surface area contributed by atoms with Crippen LogP contribution in [0, 0.1) is 0 Å². The van der Waals surface area contributed by atoms with Crippen LogP contribution < -0.4 is 10.0 Å². The topological polar surface area (TPSA) is 61.4 Å². The van der Waals surface area contributed by atoms with E-state index in [0.717, 1.165) is 57.5 Å². The van der Waals surface area contributed by atoms with Crippen LogP contribution in [-0.4, -0.2) is 52.6 Å². The number of hydrogen-bond acceptors (Lipinski definition) is 4. The van der Waals surface area contributed by atoms with E-state index < -0.39 is 10.0 Å². The van der Waals surface area contributed by atoms with Crippen molar-refractivity contribution in [2.75, 3.05) is 39.3 Å². The summed E-state index contributed by atoms with van der Waals surface area (Å²) in [7, 11) is -3.40. The number of hydrogen-bond donors (Lipinski definition) is 2. The van der Waals surface area contributed by atoms with Crippen LogP contribution in [0.1, 0.15) is 31.4 Å². The van der Waals surface area contributed by atoms with Gasteiger partial charge in [-0.15, -0.1) is 24.8 Å². The first-order chi connectivity index (χ1) is 11.1. The van der Waals surface area contributed by atoms with Gasteiger partial charge in [0.1, 0.15) is 0 Å². The molecule has 0 aliphatic carbocycles. The summed E-state index contributed by atoms with van der Waals surface area (Å²) in [5, 5.41) is 3.32. The molecule has 0 radical (unpaired) electrons. The maximum absolute atomic E-state index is 12.4. The summed E-state index contributed by atoms with van der Waals surface area (Å²) >= 11 is 0. The minimum atomic E-state index is -3.40. The zero-order chi connectivity index (χ0) is 16.7. The summed E-state index contributed by atoms with van der Waals surface area (Å²) in [6, 6.07) is 5.47. The molecule has 2 rings (SSSR count). The molecule has 1 aliphatic heterocycles. The average Bonchev–Trinajstić information content (AvgIpc) is 2.59. The molecule has 8 heteroatoms. The Morgan fingerprint density at radius 2 is 1.72 bits per heavy atom. The molecule has 1 saturated heterocycles. The molecule has 25 heavy (non-hydrogen) atoms. The van der Waals surface area contributed by atoms with Crippen molar-refractivity contribution in [2.45, 2.75) is 38.0 Å². The Morgan fingerprint density at radius 1 is 1.08 bits per heavy atom. The zero-order valence-electron chi connectivity index (χ0n) is 15.1. The van der Waals surface area contributed by atoms with Crippen LogP contribution in [-0.2, 0) is 22.9 Å². The summed E-state index contributed by atoms with van der Waals surface area (Å²) in [5.41, 5.74) is 2.35. The fourth-order valence-corrected chi connectivity index (χ4v) is 4.10. The van der Waals surface area contributed by atoms with Crippen LogP contribution in [0.25, 0.3) is 0 Å². The van der Waals surface area contributed by atoms with Gasteiger partial charge in [0.05, 0.1) is 4.90 Å². The molecule has 0 spiro atoms. The van der Waals surface area contributed by atoms with Crippen LogP contribution in [0.3, 0.4) is 0 Å². The smallest absolute Gasteiger partial charge is 0.240 e. The normalized spacial score (nSPS) is 15.3. The number of halogens is 2. The molecule has 2 N–H and O–H groups in total. The number of benzene rings is 1. The maximum atomic E-state index is 12.4. The first-order valence-corrected chi connectivity index (χ1v) is 10.1. The third kappa shape index (κ3) is 7.41. The molecule has 146 valence electrons. The third-order valence-corrected chi connectivity index (χ3v) is 5.86. The van der Waals surface area contributed by atoms with Crippen LogP contribution in [0.5, 0.6) is 0 Å². The molecular weight excluding hydrogens is 381 g/mol. The second kappa shape index (κ2) is 12.1. The van der Waals surface area contributed by atoms with E-state index in [1.807, 2.05) is 12.1 Å². The van der Waals surface area contributed by atoms with E-state index in [9.17, 15) is 8.42 Å². The van der Waals surface area contributed by atoms with E-state index in [4.69, 9.17) is 0 Å². The molecule has 0 aromatic heterocycles. The lowest BCUT2D eigenvalue weighted by atomic mass is 10.0. The molecule has 1 aliphatic rings. The van der Waals surface area contributed by atoms with E-state index in [1.165, 1.54) is 5.56 Å². The summed E-state index contributed by atoms with van der Waals surface area (Å²) in [6.07, 6.45) is 2.63. The molecule has 1 aromatic carbocycles. The lowest BCUT2D eigenvalue weighted by Gasteiger charge is -2.27. The Bertz CT molecular complexity index is 606. The minimum Gasteiger partial charge on any atom is -0.314 e. The molecular formula is C17H31Cl2N3O2S.